The predicted octanol–water partition coefficient (Wildman–Crippen LogP) is 2.17. The maximum absolute atomic E-state index is 12.2. The first-order chi connectivity index (χ1) is 9.58. The van der Waals surface area contributed by atoms with Gasteiger partial charge in [0.1, 0.15) is 0 Å². The van der Waals surface area contributed by atoms with Gasteiger partial charge in [-0.15, -0.1) is 0 Å². The number of nitrogens with one attached hydrogen (secondary N) is 1. The van der Waals surface area contributed by atoms with Gasteiger partial charge in [-0.05, 0) is 44.3 Å². The average Bonchev–Trinajstić information content (AvgIpc) is 2.86. The highest BCUT2D eigenvalue weighted by Crippen LogP contribution is 2.28. The molecule has 1 saturated heterocycles. The molecule has 0 aromatic heterocycles. The summed E-state index contributed by atoms with van der Waals surface area (Å²) in [5, 5.41) is 12.6. The third-order valence-electron chi connectivity index (χ3n) is 4.31. The summed E-state index contributed by atoms with van der Waals surface area (Å²) in [6.07, 6.45) is 7.39. The van der Waals surface area contributed by atoms with Crippen LogP contribution in [0.1, 0.15) is 38.5 Å². The molecule has 3 atom stereocenters. The van der Waals surface area contributed by atoms with Gasteiger partial charge in [-0.2, -0.15) is 11.8 Å². The summed E-state index contributed by atoms with van der Waals surface area (Å²) in [5.41, 5.74) is 0. The largest absolute Gasteiger partial charge is 0.481 e. The number of amides is 2. The van der Waals surface area contributed by atoms with Crippen molar-refractivity contribution in [2.75, 3.05) is 19.3 Å². The molecule has 2 fully saturated rings. The van der Waals surface area contributed by atoms with Crippen LogP contribution in [-0.4, -0.2) is 52.6 Å². The van der Waals surface area contributed by atoms with E-state index in [1.165, 1.54) is 6.42 Å². The van der Waals surface area contributed by atoms with Gasteiger partial charge in [0, 0.05) is 30.8 Å². The number of carbonyl (C=O) groups excluding carboxylic acids is 1. The van der Waals surface area contributed by atoms with Gasteiger partial charge < -0.3 is 15.3 Å². The Kier molecular flexibility index (Phi) is 5.57. The number of hydrogen-bond acceptors (Lipinski definition) is 3. The molecule has 0 bridgehead atoms. The van der Waals surface area contributed by atoms with Crippen molar-refractivity contribution in [3.05, 3.63) is 0 Å². The fourth-order valence-electron chi connectivity index (χ4n) is 3.21. The van der Waals surface area contributed by atoms with Crippen LogP contribution < -0.4 is 5.32 Å². The van der Waals surface area contributed by atoms with Crippen LogP contribution >= 0.6 is 11.8 Å². The summed E-state index contributed by atoms with van der Waals surface area (Å²) in [6, 6.07) is 0.284. The number of piperidine rings is 1. The van der Waals surface area contributed by atoms with Crippen LogP contribution in [-0.2, 0) is 4.79 Å². The van der Waals surface area contributed by atoms with E-state index in [1.54, 1.807) is 4.90 Å². The van der Waals surface area contributed by atoms with Crippen molar-refractivity contribution in [2.24, 2.45) is 5.92 Å². The normalized spacial score (nSPS) is 30.2. The van der Waals surface area contributed by atoms with Gasteiger partial charge >= 0.3 is 12.0 Å². The lowest BCUT2D eigenvalue weighted by Crippen LogP contribution is -2.48. The quantitative estimate of drug-likeness (QED) is 0.835. The Balaban J connectivity index is 1.78. The summed E-state index contributed by atoms with van der Waals surface area (Å²) in [7, 11) is 0. The molecule has 2 amide bonds. The molecule has 1 heterocycles. The summed E-state index contributed by atoms with van der Waals surface area (Å²) < 4.78 is 0. The van der Waals surface area contributed by atoms with E-state index in [9.17, 15) is 9.59 Å². The SMILES string of the molecule is CSC1CCC(NC(=O)N2CCCC(CC(=O)O)C2)C1. The number of carboxylic acid groups (broad SMARTS) is 1. The Hall–Kier alpha value is -0.910. The second-order valence-corrected chi connectivity index (χ2v) is 7.01. The molecular weight excluding hydrogens is 276 g/mol. The monoisotopic (exact) mass is 300 g/mol. The van der Waals surface area contributed by atoms with E-state index >= 15 is 0 Å². The number of nitrogens with zero attached hydrogens (tertiary/aromatic N) is 1. The van der Waals surface area contributed by atoms with E-state index in [0.29, 0.717) is 17.8 Å². The summed E-state index contributed by atoms with van der Waals surface area (Å²) in [4.78, 5) is 24.8. The number of urea groups is 1. The first-order valence-electron chi connectivity index (χ1n) is 7.38. The summed E-state index contributed by atoms with van der Waals surface area (Å²) >= 11 is 1.88. The van der Waals surface area contributed by atoms with Gasteiger partial charge in [-0.25, -0.2) is 4.79 Å². The predicted molar refractivity (Wildman–Crippen MR) is 80.0 cm³/mol. The topological polar surface area (TPSA) is 69.6 Å². The fourth-order valence-corrected chi connectivity index (χ4v) is 4.01. The minimum Gasteiger partial charge on any atom is -0.481 e. The third-order valence-corrected chi connectivity index (χ3v) is 5.41. The molecule has 2 rings (SSSR count). The lowest BCUT2D eigenvalue weighted by Gasteiger charge is -2.33. The zero-order valence-corrected chi connectivity index (χ0v) is 12.8. The number of likely N-dealkylation sites (tertiary alicyclic amines) is 1. The Bertz CT molecular complexity index is 364. The molecule has 1 aliphatic carbocycles. The Labute approximate surface area is 124 Å². The van der Waals surface area contributed by atoms with Crippen LogP contribution in [0.15, 0.2) is 0 Å². The highest BCUT2D eigenvalue weighted by atomic mass is 32.2. The van der Waals surface area contributed by atoms with Crippen LogP contribution in [0.25, 0.3) is 0 Å². The lowest BCUT2D eigenvalue weighted by molar-refractivity contribution is -0.138. The van der Waals surface area contributed by atoms with Crippen molar-refractivity contribution in [3.63, 3.8) is 0 Å². The summed E-state index contributed by atoms with van der Waals surface area (Å²) in [6.45, 7) is 1.33. The Morgan fingerprint density at radius 3 is 2.80 bits per heavy atom. The van der Waals surface area contributed by atoms with E-state index in [0.717, 1.165) is 32.2 Å². The highest BCUT2D eigenvalue weighted by molar-refractivity contribution is 7.99. The van der Waals surface area contributed by atoms with Crippen LogP contribution in [0.2, 0.25) is 0 Å². The second-order valence-electron chi connectivity index (χ2n) is 5.87. The molecule has 0 radical (unpaired) electrons. The second kappa shape index (κ2) is 7.20. The molecule has 1 saturated carbocycles. The van der Waals surface area contributed by atoms with Crippen molar-refractivity contribution >= 4 is 23.8 Å². The number of hydrogen-bond donors (Lipinski definition) is 2. The Morgan fingerprint density at radius 1 is 1.35 bits per heavy atom. The molecule has 2 N–H and O–H groups in total. The average molecular weight is 300 g/mol. The molecule has 0 aromatic rings. The zero-order valence-electron chi connectivity index (χ0n) is 12.0. The molecule has 1 aliphatic heterocycles. The van der Waals surface area contributed by atoms with Crippen LogP contribution in [0.4, 0.5) is 4.79 Å². The molecule has 20 heavy (non-hydrogen) atoms. The molecule has 0 aromatic carbocycles. The molecule has 114 valence electrons. The number of thioether (sulfide) groups is 1. The maximum atomic E-state index is 12.2. The van der Waals surface area contributed by atoms with Gasteiger partial charge in [0.25, 0.3) is 0 Å². The summed E-state index contributed by atoms with van der Waals surface area (Å²) in [5.74, 6) is -0.662. The van der Waals surface area contributed by atoms with E-state index in [1.807, 2.05) is 11.8 Å². The first kappa shape index (κ1) is 15.5. The van der Waals surface area contributed by atoms with Gasteiger partial charge in [-0.3, -0.25) is 4.79 Å². The van der Waals surface area contributed by atoms with E-state index in [2.05, 4.69) is 11.6 Å². The maximum Gasteiger partial charge on any atom is 0.317 e. The van der Waals surface area contributed by atoms with Gasteiger partial charge in [0.2, 0.25) is 0 Å². The standard InChI is InChI=1S/C14H24N2O3S/c1-20-12-5-4-11(8-12)15-14(19)16-6-2-3-10(9-16)7-13(17)18/h10-12H,2-9H2,1H3,(H,15,19)(H,17,18). The minimum absolute atomic E-state index is 0.00755. The smallest absolute Gasteiger partial charge is 0.317 e. The highest BCUT2D eigenvalue weighted by Gasteiger charge is 2.29. The molecule has 2 aliphatic rings. The van der Waals surface area contributed by atoms with E-state index < -0.39 is 5.97 Å². The number of aliphatic carboxylic acids is 1. The van der Waals surface area contributed by atoms with Crippen molar-refractivity contribution in [1.29, 1.82) is 0 Å². The van der Waals surface area contributed by atoms with Crippen LogP contribution in [0.3, 0.4) is 0 Å². The lowest BCUT2D eigenvalue weighted by atomic mass is 9.95. The molecule has 6 heteroatoms. The van der Waals surface area contributed by atoms with Crippen molar-refractivity contribution < 1.29 is 14.7 Å². The van der Waals surface area contributed by atoms with Crippen molar-refractivity contribution in [3.8, 4) is 0 Å². The van der Waals surface area contributed by atoms with Crippen LogP contribution in [0, 0.1) is 5.92 Å². The molecule has 0 spiro atoms. The van der Waals surface area contributed by atoms with Gasteiger partial charge in [-0.1, -0.05) is 0 Å². The van der Waals surface area contributed by atoms with E-state index in [4.69, 9.17) is 5.11 Å². The van der Waals surface area contributed by atoms with Gasteiger partial charge in [0.15, 0.2) is 0 Å². The minimum atomic E-state index is -0.768. The molecular formula is C14H24N2O3S. The number of carbonyl (C=O) groups is 2. The van der Waals surface area contributed by atoms with Crippen molar-refractivity contribution in [1.82, 2.24) is 10.2 Å². The zero-order chi connectivity index (χ0) is 14.5. The molecule has 5 nitrogen and oxygen atoms in total. The first-order valence-corrected chi connectivity index (χ1v) is 8.67. The third kappa shape index (κ3) is 4.30. The molecule has 3 unspecified atom stereocenters. The number of carboxylic acids is 1. The number of rotatable bonds is 4. The van der Waals surface area contributed by atoms with Crippen LogP contribution in [0.5, 0.6) is 0 Å². The van der Waals surface area contributed by atoms with E-state index in [-0.39, 0.29) is 18.4 Å². The van der Waals surface area contributed by atoms with Crippen molar-refractivity contribution in [2.45, 2.75) is 49.8 Å². The Morgan fingerprint density at radius 2 is 2.15 bits per heavy atom. The fraction of sp³-hybridized carbons (Fsp3) is 0.857. The van der Waals surface area contributed by atoms with Gasteiger partial charge in [0.05, 0.1) is 0 Å².